The van der Waals surface area contributed by atoms with Gasteiger partial charge in [-0.25, -0.2) is 0 Å². The molecule has 0 saturated carbocycles. The maximum absolute atomic E-state index is 12.2. The number of hydrogen-bond donors (Lipinski definition) is 1. The summed E-state index contributed by atoms with van der Waals surface area (Å²) in [5.41, 5.74) is 3.81. The van der Waals surface area contributed by atoms with Gasteiger partial charge in [0.25, 0.3) is 0 Å². The molecular formula is C22H20N2O2. The molecule has 1 aliphatic rings. The number of benzene rings is 2. The normalized spacial score (nSPS) is 16.9. The summed E-state index contributed by atoms with van der Waals surface area (Å²) in [7, 11) is 2.00. The molecule has 1 N–H and O–H groups in total. The number of nitrogens with one attached hydrogen (secondary N) is 1. The lowest BCUT2D eigenvalue weighted by atomic mass is 9.83. The SMILES string of the molecule is CN1C(=Cc2c(Nc3ccccc3)c(=O)c2=O)C(C)(C)c2ccccc21. The lowest BCUT2D eigenvalue weighted by Crippen LogP contribution is -2.37. The van der Waals surface area contributed by atoms with Crippen molar-refractivity contribution in [3.05, 3.63) is 91.9 Å². The molecule has 0 spiro atoms. The number of para-hydroxylation sites is 2. The Morgan fingerprint density at radius 3 is 2.27 bits per heavy atom. The van der Waals surface area contributed by atoms with Gasteiger partial charge in [-0.1, -0.05) is 50.2 Å². The van der Waals surface area contributed by atoms with Gasteiger partial charge in [-0.05, 0) is 29.8 Å². The summed E-state index contributed by atoms with van der Waals surface area (Å²) >= 11 is 0. The highest BCUT2D eigenvalue weighted by molar-refractivity contribution is 5.81. The highest BCUT2D eigenvalue weighted by Crippen LogP contribution is 2.47. The molecule has 0 aromatic heterocycles. The van der Waals surface area contributed by atoms with Crippen molar-refractivity contribution in [1.82, 2.24) is 0 Å². The van der Waals surface area contributed by atoms with Gasteiger partial charge in [-0.3, -0.25) is 9.59 Å². The first kappa shape index (κ1) is 16.3. The molecule has 0 amide bonds. The molecule has 4 nitrogen and oxygen atoms in total. The molecule has 1 heterocycles. The van der Waals surface area contributed by atoms with E-state index >= 15 is 0 Å². The second-order valence-electron chi connectivity index (χ2n) is 7.17. The van der Waals surface area contributed by atoms with Gasteiger partial charge in [0.2, 0.25) is 10.9 Å². The van der Waals surface area contributed by atoms with Crippen LogP contribution < -0.4 is 21.1 Å². The first-order valence-electron chi connectivity index (χ1n) is 8.62. The summed E-state index contributed by atoms with van der Waals surface area (Å²) < 4.78 is 0. The Bertz CT molecular complexity index is 1090. The zero-order chi connectivity index (χ0) is 18.5. The van der Waals surface area contributed by atoms with Crippen molar-refractivity contribution >= 4 is 23.1 Å². The summed E-state index contributed by atoms with van der Waals surface area (Å²) in [6, 6.07) is 17.6. The second kappa shape index (κ2) is 5.70. The van der Waals surface area contributed by atoms with Crippen molar-refractivity contribution in [1.29, 1.82) is 0 Å². The van der Waals surface area contributed by atoms with E-state index in [0.717, 1.165) is 17.1 Å². The number of fused-ring (bicyclic) bond motifs is 1. The molecule has 0 saturated heterocycles. The number of allylic oxidation sites excluding steroid dienone is 1. The summed E-state index contributed by atoms with van der Waals surface area (Å²) in [6.07, 6.45) is 1.86. The summed E-state index contributed by atoms with van der Waals surface area (Å²) in [4.78, 5) is 26.4. The van der Waals surface area contributed by atoms with Crippen molar-refractivity contribution in [2.45, 2.75) is 19.3 Å². The van der Waals surface area contributed by atoms with E-state index in [-0.39, 0.29) is 5.41 Å². The Morgan fingerprint density at radius 2 is 1.58 bits per heavy atom. The maximum atomic E-state index is 12.2. The summed E-state index contributed by atoms with van der Waals surface area (Å²) in [5, 5.41) is 3.09. The molecule has 26 heavy (non-hydrogen) atoms. The van der Waals surface area contributed by atoms with Crippen molar-refractivity contribution in [3.63, 3.8) is 0 Å². The van der Waals surface area contributed by atoms with Gasteiger partial charge in [0.1, 0.15) is 5.69 Å². The lowest BCUT2D eigenvalue weighted by Gasteiger charge is -2.25. The minimum absolute atomic E-state index is 0.241. The Kier molecular flexibility index (Phi) is 3.58. The molecule has 3 aromatic rings. The molecule has 0 fully saturated rings. The zero-order valence-corrected chi connectivity index (χ0v) is 15.0. The quantitative estimate of drug-likeness (QED) is 0.735. The molecule has 0 radical (unpaired) electrons. The predicted octanol–water partition coefficient (Wildman–Crippen LogP) is 3.79. The number of likely N-dealkylation sites (N-methyl/N-ethyl adjacent to an activating group) is 1. The summed E-state index contributed by atoms with van der Waals surface area (Å²) in [6.45, 7) is 4.27. The van der Waals surface area contributed by atoms with Crippen LogP contribution in [0.4, 0.5) is 17.1 Å². The monoisotopic (exact) mass is 344 g/mol. The average Bonchev–Trinajstić information content (AvgIpc) is 2.85. The molecule has 1 aliphatic heterocycles. The highest BCUT2D eigenvalue weighted by atomic mass is 16.2. The second-order valence-corrected chi connectivity index (χ2v) is 7.17. The molecule has 130 valence electrons. The number of hydrogen-bond acceptors (Lipinski definition) is 4. The molecule has 4 heteroatoms. The molecule has 0 unspecified atom stereocenters. The highest BCUT2D eigenvalue weighted by Gasteiger charge is 2.38. The summed E-state index contributed by atoms with van der Waals surface area (Å²) in [5.74, 6) is 0. The van der Waals surface area contributed by atoms with Crippen LogP contribution in [-0.2, 0) is 5.41 Å². The van der Waals surface area contributed by atoms with Gasteiger partial charge < -0.3 is 10.2 Å². The van der Waals surface area contributed by atoms with Gasteiger partial charge in [0.05, 0.1) is 5.56 Å². The fourth-order valence-corrected chi connectivity index (χ4v) is 3.73. The molecule has 0 aliphatic carbocycles. The third-order valence-electron chi connectivity index (χ3n) is 5.21. The van der Waals surface area contributed by atoms with E-state index in [0.29, 0.717) is 11.3 Å². The van der Waals surface area contributed by atoms with Crippen LogP contribution in [0.1, 0.15) is 25.0 Å². The standard InChI is InChI=1S/C22H20N2O2/c1-22(2)16-11-7-8-12-17(16)24(3)18(22)13-15-19(21(26)20(15)25)23-14-9-5-4-6-10-14/h4-13,23H,1-3H3. The van der Waals surface area contributed by atoms with Crippen molar-refractivity contribution < 1.29 is 0 Å². The smallest absolute Gasteiger partial charge is 0.250 e. The first-order chi connectivity index (χ1) is 12.4. The van der Waals surface area contributed by atoms with E-state index in [4.69, 9.17) is 0 Å². The van der Waals surface area contributed by atoms with Crippen LogP contribution in [0.3, 0.4) is 0 Å². The maximum Gasteiger partial charge on any atom is 0.250 e. The molecular weight excluding hydrogens is 324 g/mol. The molecule has 4 rings (SSSR count). The van der Waals surface area contributed by atoms with Gasteiger partial charge >= 0.3 is 0 Å². The van der Waals surface area contributed by atoms with Gasteiger partial charge in [0.15, 0.2) is 0 Å². The molecule has 0 bridgehead atoms. The Morgan fingerprint density at radius 1 is 0.923 bits per heavy atom. The van der Waals surface area contributed by atoms with Crippen molar-refractivity contribution in [3.8, 4) is 0 Å². The third kappa shape index (κ3) is 2.30. The fraction of sp³-hybridized carbons (Fsp3) is 0.182. The Hall–Kier alpha value is -3.14. The number of nitrogens with zero attached hydrogens (tertiary/aromatic N) is 1. The predicted molar refractivity (Wildman–Crippen MR) is 107 cm³/mol. The van der Waals surface area contributed by atoms with Crippen LogP contribution in [0.5, 0.6) is 0 Å². The topological polar surface area (TPSA) is 49.4 Å². The van der Waals surface area contributed by atoms with E-state index in [9.17, 15) is 9.59 Å². The van der Waals surface area contributed by atoms with Crippen LogP contribution in [0.2, 0.25) is 0 Å². The Labute approximate surface area is 152 Å². The molecule has 3 aromatic carbocycles. The van der Waals surface area contributed by atoms with E-state index in [1.165, 1.54) is 5.56 Å². The third-order valence-corrected chi connectivity index (χ3v) is 5.21. The fourth-order valence-electron chi connectivity index (χ4n) is 3.73. The first-order valence-corrected chi connectivity index (χ1v) is 8.62. The van der Waals surface area contributed by atoms with Crippen LogP contribution in [0, 0.1) is 0 Å². The average molecular weight is 344 g/mol. The van der Waals surface area contributed by atoms with E-state index < -0.39 is 10.9 Å². The van der Waals surface area contributed by atoms with Gasteiger partial charge in [-0.2, -0.15) is 0 Å². The minimum Gasteiger partial charge on any atom is -0.352 e. The number of anilines is 3. The van der Waals surface area contributed by atoms with E-state index in [1.807, 2.05) is 55.6 Å². The van der Waals surface area contributed by atoms with Crippen LogP contribution in [-0.4, -0.2) is 7.05 Å². The largest absolute Gasteiger partial charge is 0.352 e. The van der Waals surface area contributed by atoms with Crippen molar-refractivity contribution in [2.75, 3.05) is 17.3 Å². The van der Waals surface area contributed by atoms with Crippen LogP contribution >= 0.6 is 0 Å². The van der Waals surface area contributed by atoms with E-state index in [1.54, 1.807) is 0 Å². The lowest BCUT2D eigenvalue weighted by molar-refractivity contribution is 0.645. The zero-order valence-electron chi connectivity index (χ0n) is 15.0. The minimum atomic E-state index is -0.461. The van der Waals surface area contributed by atoms with Crippen LogP contribution in [0.25, 0.3) is 6.08 Å². The van der Waals surface area contributed by atoms with Crippen LogP contribution in [0.15, 0.2) is 69.9 Å². The van der Waals surface area contributed by atoms with E-state index in [2.05, 4.69) is 36.2 Å². The number of rotatable bonds is 3. The Balaban J connectivity index is 1.78. The van der Waals surface area contributed by atoms with Crippen molar-refractivity contribution in [2.24, 2.45) is 0 Å². The van der Waals surface area contributed by atoms with Gasteiger partial charge in [0, 0.05) is 29.5 Å². The molecule has 0 atom stereocenters. The van der Waals surface area contributed by atoms with Gasteiger partial charge in [-0.15, -0.1) is 0 Å².